The number of carbonyl (C=O) groups excluding carboxylic acids is 2. The van der Waals surface area contributed by atoms with Crippen molar-refractivity contribution in [1.29, 1.82) is 0 Å². The lowest BCUT2D eigenvalue weighted by Crippen LogP contribution is -2.51. The number of hydrogen-bond acceptors (Lipinski definition) is 4. The van der Waals surface area contributed by atoms with Gasteiger partial charge in [-0.2, -0.15) is 0 Å². The van der Waals surface area contributed by atoms with Crippen LogP contribution in [0.1, 0.15) is 6.92 Å². The first-order valence-corrected chi connectivity index (χ1v) is 8.15. The molecule has 23 heavy (non-hydrogen) atoms. The number of nitrogens with one attached hydrogen (secondary N) is 1. The van der Waals surface area contributed by atoms with Gasteiger partial charge in [-0.25, -0.2) is 0 Å². The monoisotopic (exact) mass is 338 g/mol. The number of rotatable bonds is 5. The Morgan fingerprint density at radius 1 is 1.22 bits per heavy atom. The quantitative estimate of drug-likeness (QED) is 0.828. The summed E-state index contributed by atoms with van der Waals surface area (Å²) in [6.07, 6.45) is 0. The number of piperazine rings is 1. The fraction of sp³-hybridized carbons (Fsp3) is 0.500. The van der Waals surface area contributed by atoms with Gasteiger partial charge in [-0.1, -0.05) is 18.5 Å². The molecule has 1 heterocycles. The zero-order valence-electron chi connectivity index (χ0n) is 13.3. The molecule has 2 amide bonds. The summed E-state index contributed by atoms with van der Waals surface area (Å²) in [6.45, 7) is 4.86. The van der Waals surface area contributed by atoms with E-state index in [1.165, 1.54) is 0 Å². The van der Waals surface area contributed by atoms with Crippen molar-refractivity contribution < 1.29 is 9.59 Å². The number of hydrogen-bond donors (Lipinski definition) is 2. The lowest BCUT2D eigenvalue weighted by molar-refractivity contribution is -0.133. The van der Waals surface area contributed by atoms with Crippen LogP contribution in [0, 0.1) is 5.92 Å². The number of anilines is 1. The highest BCUT2D eigenvalue weighted by Crippen LogP contribution is 2.19. The van der Waals surface area contributed by atoms with Crippen molar-refractivity contribution in [3.63, 3.8) is 0 Å². The topological polar surface area (TPSA) is 78.7 Å². The molecule has 1 saturated heterocycles. The summed E-state index contributed by atoms with van der Waals surface area (Å²) in [7, 11) is 0. The van der Waals surface area contributed by atoms with E-state index >= 15 is 0 Å². The molecule has 1 unspecified atom stereocenters. The summed E-state index contributed by atoms with van der Waals surface area (Å²) in [5, 5.41) is 3.35. The lowest BCUT2D eigenvalue weighted by atomic mass is 10.2. The van der Waals surface area contributed by atoms with Gasteiger partial charge in [-0.05, 0) is 24.3 Å². The van der Waals surface area contributed by atoms with Gasteiger partial charge in [0, 0.05) is 49.4 Å². The Morgan fingerprint density at radius 3 is 2.39 bits per heavy atom. The first-order chi connectivity index (χ1) is 11.0. The van der Waals surface area contributed by atoms with E-state index in [0.29, 0.717) is 18.1 Å². The molecular weight excluding hydrogens is 316 g/mol. The van der Waals surface area contributed by atoms with Gasteiger partial charge in [-0.15, -0.1) is 0 Å². The van der Waals surface area contributed by atoms with E-state index in [4.69, 9.17) is 17.3 Å². The fourth-order valence-electron chi connectivity index (χ4n) is 2.42. The summed E-state index contributed by atoms with van der Waals surface area (Å²) in [6, 6.07) is 7.69. The average molecular weight is 339 g/mol. The molecule has 0 radical (unpaired) electrons. The number of halogens is 1. The van der Waals surface area contributed by atoms with Crippen molar-refractivity contribution in [2.45, 2.75) is 6.92 Å². The largest absolute Gasteiger partial charge is 0.368 e. The Balaban J connectivity index is 1.78. The van der Waals surface area contributed by atoms with Crippen molar-refractivity contribution in [3.05, 3.63) is 29.3 Å². The highest BCUT2D eigenvalue weighted by molar-refractivity contribution is 6.30. The highest BCUT2D eigenvalue weighted by atomic mass is 35.5. The van der Waals surface area contributed by atoms with Crippen LogP contribution in [0.4, 0.5) is 5.69 Å². The zero-order valence-corrected chi connectivity index (χ0v) is 14.1. The SMILES string of the molecule is CC(CN)C(=O)NCC(=O)N1CCN(c2ccc(Cl)cc2)CC1. The van der Waals surface area contributed by atoms with Crippen LogP contribution in [-0.4, -0.2) is 56.0 Å². The molecule has 1 atom stereocenters. The van der Waals surface area contributed by atoms with Crippen LogP contribution in [0.15, 0.2) is 24.3 Å². The predicted molar refractivity (Wildman–Crippen MR) is 91.5 cm³/mol. The Kier molecular flexibility index (Phi) is 6.24. The first kappa shape index (κ1) is 17.6. The van der Waals surface area contributed by atoms with Crippen LogP contribution in [0.2, 0.25) is 5.02 Å². The molecule has 1 aromatic carbocycles. The predicted octanol–water partition coefficient (Wildman–Crippen LogP) is 0.700. The second-order valence-electron chi connectivity index (χ2n) is 5.70. The molecule has 0 saturated carbocycles. The van der Waals surface area contributed by atoms with E-state index in [1.54, 1.807) is 11.8 Å². The Bertz CT molecular complexity index is 542. The van der Waals surface area contributed by atoms with Crippen LogP contribution in [-0.2, 0) is 9.59 Å². The highest BCUT2D eigenvalue weighted by Gasteiger charge is 2.22. The number of nitrogens with zero attached hydrogens (tertiary/aromatic N) is 2. The number of nitrogens with two attached hydrogens (primary N) is 1. The van der Waals surface area contributed by atoms with Gasteiger partial charge in [0.15, 0.2) is 0 Å². The third-order valence-electron chi connectivity index (χ3n) is 4.04. The molecule has 1 aromatic rings. The standard InChI is InChI=1S/C16H23ClN4O2/c1-12(10-18)16(23)19-11-15(22)21-8-6-20(7-9-21)14-4-2-13(17)3-5-14/h2-5,12H,6-11,18H2,1H3,(H,19,23). The molecule has 3 N–H and O–H groups in total. The molecule has 0 aliphatic carbocycles. The summed E-state index contributed by atoms with van der Waals surface area (Å²) in [5.41, 5.74) is 6.54. The number of amides is 2. The maximum Gasteiger partial charge on any atom is 0.242 e. The van der Waals surface area contributed by atoms with Crippen molar-refractivity contribution in [2.75, 3.05) is 44.2 Å². The second-order valence-corrected chi connectivity index (χ2v) is 6.14. The van der Waals surface area contributed by atoms with Gasteiger partial charge in [-0.3, -0.25) is 9.59 Å². The van der Waals surface area contributed by atoms with E-state index < -0.39 is 0 Å². The minimum atomic E-state index is -0.274. The van der Waals surface area contributed by atoms with Gasteiger partial charge in [0.05, 0.1) is 6.54 Å². The summed E-state index contributed by atoms with van der Waals surface area (Å²) < 4.78 is 0. The number of benzene rings is 1. The second kappa shape index (κ2) is 8.17. The molecule has 1 fully saturated rings. The molecule has 0 spiro atoms. The van der Waals surface area contributed by atoms with Gasteiger partial charge in [0.25, 0.3) is 0 Å². The third kappa shape index (κ3) is 4.84. The fourth-order valence-corrected chi connectivity index (χ4v) is 2.55. The van der Waals surface area contributed by atoms with E-state index in [1.807, 2.05) is 24.3 Å². The molecule has 0 aromatic heterocycles. The van der Waals surface area contributed by atoms with Crippen LogP contribution in [0.3, 0.4) is 0 Å². The Hall–Kier alpha value is -1.79. The van der Waals surface area contributed by atoms with E-state index in [-0.39, 0.29) is 30.8 Å². The summed E-state index contributed by atoms with van der Waals surface area (Å²) >= 11 is 5.89. The number of carbonyl (C=O) groups is 2. The molecule has 7 heteroatoms. The molecule has 1 aliphatic rings. The van der Waals surface area contributed by atoms with Crippen LogP contribution in [0.25, 0.3) is 0 Å². The van der Waals surface area contributed by atoms with E-state index in [0.717, 1.165) is 18.8 Å². The molecule has 1 aliphatic heterocycles. The molecule has 126 valence electrons. The average Bonchev–Trinajstić information content (AvgIpc) is 2.59. The normalized spacial score (nSPS) is 16.1. The van der Waals surface area contributed by atoms with Crippen LogP contribution < -0.4 is 16.0 Å². The smallest absolute Gasteiger partial charge is 0.242 e. The minimum Gasteiger partial charge on any atom is -0.368 e. The Morgan fingerprint density at radius 2 is 1.83 bits per heavy atom. The van der Waals surface area contributed by atoms with Gasteiger partial charge >= 0.3 is 0 Å². The molecular formula is C16H23ClN4O2. The van der Waals surface area contributed by atoms with Crippen molar-refractivity contribution >= 4 is 29.1 Å². The third-order valence-corrected chi connectivity index (χ3v) is 4.29. The maximum absolute atomic E-state index is 12.1. The van der Waals surface area contributed by atoms with Crippen molar-refractivity contribution in [3.8, 4) is 0 Å². The molecule has 2 rings (SSSR count). The van der Waals surface area contributed by atoms with Crippen LogP contribution in [0.5, 0.6) is 0 Å². The maximum atomic E-state index is 12.1. The van der Waals surface area contributed by atoms with Gasteiger partial charge in [0.1, 0.15) is 0 Å². The zero-order chi connectivity index (χ0) is 16.8. The van der Waals surface area contributed by atoms with Crippen molar-refractivity contribution in [1.82, 2.24) is 10.2 Å². The minimum absolute atomic E-state index is 0.0319. The van der Waals surface area contributed by atoms with E-state index in [2.05, 4.69) is 10.2 Å². The summed E-state index contributed by atoms with van der Waals surface area (Å²) in [4.78, 5) is 27.8. The van der Waals surface area contributed by atoms with Gasteiger partial charge in [0.2, 0.25) is 11.8 Å². The summed E-state index contributed by atoms with van der Waals surface area (Å²) in [5.74, 6) is -0.511. The van der Waals surface area contributed by atoms with Gasteiger partial charge < -0.3 is 20.9 Å². The first-order valence-electron chi connectivity index (χ1n) is 7.77. The molecule has 6 nitrogen and oxygen atoms in total. The lowest BCUT2D eigenvalue weighted by Gasteiger charge is -2.36. The van der Waals surface area contributed by atoms with Crippen molar-refractivity contribution in [2.24, 2.45) is 11.7 Å². The Labute approximate surface area is 141 Å². The van der Waals surface area contributed by atoms with E-state index in [9.17, 15) is 9.59 Å². The van der Waals surface area contributed by atoms with Crippen LogP contribution >= 0.6 is 11.6 Å². The molecule has 0 bridgehead atoms.